The number of amides is 1. The van der Waals surface area contributed by atoms with E-state index in [1.807, 2.05) is 77.2 Å². The number of unbranched alkanes of at least 4 members (excludes halogenated alkanes) is 1. The average Bonchev–Trinajstić information content (AvgIpc) is 3.30. The summed E-state index contributed by atoms with van der Waals surface area (Å²) in [6.45, 7) is 17.2. The van der Waals surface area contributed by atoms with Crippen molar-refractivity contribution < 1.29 is 67.6 Å². The standard InChI is InChI=1S/C52H83N3O14/c1-15-39-52(10,61)44(58)33(6)47(59)54-29(2)26-50(8,62-13)45(69-49-42(57)38(55(11)12)24-30(3)64-49)31(4)43(32(5)48(60)66-39)68-41-27-51(9,63-14)46(34(7)65-41)67-40(56)23-19-16-20-35-25-36-21-17-18-22-37(36)53-28-35/h17-18,21-22,25,28-34,38-39,41-46,49,57-58,61H,15-16,19-20,23-24,26-27H2,1-14H3,(H,54,59)/t29-,30-,31+,32-,33+,34+,38+,39+,41+,42-,43-,44-,45-,46+,49+,50+,51-,52-/m1/s1. The molecule has 5 rings (SSSR count). The number of cyclic esters (lactones) is 1. The van der Waals surface area contributed by atoms with Gasteiger partial charge in [0.15, 0.2) is 18.7 Å². The molecule has 3 fully saturated rings. The third-order valence-electron chi connectivity index (χ3n) is 15.1. The van der Waals surface area contributed by atoms with Crippen molar-refractivity contribution in [2.75, 3.05) is 28.3 Å². The van der Waals surface area contributed by atoms with E-state index in [1.54, 1.807) is 27.7 Å². The van der Waals surface area contributed by atoms with Crippen LogP contribution in [0.15, 0.2) is 36.5 Å². The maximum atomic E-state index is 14.6. The number of rotatable bonds is 14. The van der Waals surface area contributed by atoms with Crippen LogP contribution >= 0.6 is 0 Å². The molecular formula is C52H83N3O14. The molecule has 1 aromatic heterocycles. The molecule has 17 nitrogen and oxygen atoms in total. The minimum absolute atomic E-state index is 0.0880. The largest absolute Gasteiger partial charge is 0.459 e. The van der Waals surface area contributed by atoms with Gasteiger partial charge in [0, 0.05) is 56.6 Å². The Labute approximate surface area is 409 Å². The predicted molar refractivity (Wildman–Crippen MR) is 258 cm³/mol. The highest BCUT2D eigenvalue weighted by molar-refractivity contribution is 5.80. The number of carbonyl (C=O) groups excluding carboxylic acids is 3. The van der Waals surface area contributed by atoms with Crippen molar-refractivity contribution in [3.05, 3.63) is 42.1 Å². The number of hydrogen-bond donors (Lipinski definition) is 4. The van der Waals surface area contributed by atoms with Gasteiger partial charge in [-0.05, 0) is 119 Å². The van der Waals surface area contributed by atoms with Crippen molar-refractivity contribution in [3.8, 4) is 0 Å². The van der Waals surface area contributed by atoms with Gasteiger partial charge in [-0.3, -0.25) is 19.4 Å². The minimum atomic E-state index is -2.03. The van der Waals surface area contributed by atoms with Crippen molar-refractivity contribution in [1.29, 1.82) is 0 Å². The van der Waals surface area contributed by atoms with Gasteiger partial charge in [-0.15, -0.1) is 0 Å². The highest BCUT2D eigenvalue weighted by atomic mass is 16.7. The molecule has 390 valence electrons. The maximum absolute atomic E-state index is 14.6. The number of methoxy groups -OCH3 is 2. The molecular weight excluding hydrogens is 891 g/mol. The van der Waals surface area contributed by atoms with E-state index in [0.717, 1.165) is 29.3 Å². The van der Waals surface area contributed by atoms with Crippen LogP contribution in [0, 0.1) is 17.8 Å². The van der Waals surface area contributed by atoms with Crippen LogP contribution in [0.3, 0.4) is 0 Å². The number of carbonyl (C=O) groups is 3. The molecule has 0 unspecified atom stereocenters. The van der Waals surface area contributed by atoms with Crippen LogP contribution in [-0.4, -0.2) is 162 Å². The van der Waals surface area contributed by atoms with Crippen molar-refractivity contribution in [3.63, 3.8) is 0 Å². The summed E-state index contributed by atoms with van der Waals surface area (Å²) in [6.07, 6.45) is -4.85. The Hall–Kier alpha value is -3.36. The van der Waals surface area contributed by atoms with Gasteiger partial charge in [-0.1, -0.05) is 39.0 Å². The van der Waals surface area contributed by atoms with Gasteiger partial charge in [-0.2, -0.15) is 0 Å². The highest BCUT2D eigenvalue weighted by Crippen LogP contribution is 2.41. The number of nitrogens with one attached hydrogen (secondary N) is 1. The van der Waals surface area contributed by atoms with Crippen molar-refractivity contribution in [2.45, 2.75) is 211 Å². The second-order valence-corrected chi connectivity index (χ2v) is 20.9. The quantitative estimate of drug-likeness (QED) is 0.141. The van der Waals surface area contributed by atoms with Crippen molar-refractivity contribution >= 4 is 28.7 Å². The average molecular weight is 974 g/mol. The van der Waals surface area contributed by atoms with Crippen LogP contribution in [0.4, 0.5) is 0 Å². The molecule has 2 aromatic rings. The molecule has 4 heterocycles. The zero-order valence-corrected chi connectivity index (χ0v) is 43.5. The molecule has 4 N–H and O–H groups in total. The Kier molecular flexibility index (Phi) is 19.6. The summed E-state index contributed by atoms with van der Waals surface area (Å²) < 4.78 is 51.4. The summed E-state index contributed by atoms with van der Waals surface area (Å²) >= 11 is 0. The lowest BCUT2D eigenvalue weighted by molar-refractivity contribution is -0.320. The van der Waals surface area contributed by atoms with Gasteiger partial charge in [-0.25, -0.2) is 0 Å². The molecule has 18 atom stereocenters. The SMILES string of the molecule is CC[C@@H]1OC(=O)[C@H](C)[C@H](O[C@H]2C[C@@](C)(OC)[C@@H](OC(=O)CCCCc3cnc4ccccc4c3)[C@H](C)O2)[C@H](C)[C@@H](O[C@@H]2O[C@H](C)C[C@H](N(C)C)[C@H]2O)[C@@](C)(OC)C[C@@H](C)NC(=O)[C@@H](C)[C@@H](O)[C@]1(C)O. The summed E-state index contributed by atoms with van der Waals surface area (Å²) in [7, 11) is 6.83. The van der Waals surface area contributed by atoms with Gasteiger partial charge in [0.2, 0.25) is 5.91 Å². The number of aromatic nitrogens is 1. The van der Waals surface area contributed by atoms with Gasteiger partial charge in [0.05, 0.1) is 53.5 Å². The molecule has 3 aliphatic rings. The van der Waals surface area contributed by atoms with E-state index < -0.39 is 108 Å². The second-order valence-electron chi connectivity index (χ2n) is 20.9. The number of hydrogen-bond acceptors (Lipinski definition) is 16. The lowest BCUT2D eigenvalue weighted by atomic mass is 9.78. The molecule has 1 aromatic carbocycles. The fourth-order valence-electron chi connectivity index (χ4n) is 10.7. The first-order valence-electron chi connectivity index (χ1n) is 24.9. The van der Waals surface area contributed by atoms with Crippen LogP contribution in [0.5, 0.6) is 0 Å². The number of ether oxygens (including phenoxy) is 8. The van der Waals surface area contributed by atoms with Crippen LogP contribution in [0.25, 0.3) is 10.9 Å². The predicted octanol–water partition coefficient (Wildman–Crippen LogP) is 5.25. The molecule has 0 bridgehead atoms. The Balaban J connectivity index is 1.44. The number of pyridine rings is 1. The van der Waals surface area contributed by atoms with E-state index in [2.05, 4.69) is 16.4 Å². The Morgan fingerprint density at radius 2 is 1.58 bits per heavy atom. The molecule has 69 heavy (non-hydrogen) atoms. The Bertz CT molecular complexity index is 2010. The normalized spacial score (nSPS) is 39.8. The first kappa shape index (κ1) is 56.6. The number of aliphatic hydroxyl groups excluding tert-OH is 2. The maximum Gasteiger partial charge on any atom is 0.311 e. The molecule has 0 saturated carbocycles. The summed E-state index contributed by atoms with van der Waals surface area (Å²) in [4.78, 5) is 48.2. The summed E-state index contributed by atoms with van der Waals surface area (Å²) in [6, 6.07) is 9.20. The van der Waals surface area contributed by atoms with Crippen molar-refractivity contribution in [1.82, 2.24) is 15.2 Å². The zero-order chi connectivity index (χ0) is 51.2. The van der Waals surface area contributed by atoms with Gasteiger partial charge in [0.1, 0.15) is 23.4 Å². The summed E-state index contributed by atoms with van der Waals surface area (Å²) in [5, 5.41) is 39.1. The number of nitrogens with zero attached hydrogens (tertiary/aromatic N) is 2. The molecule has 1 amide bonds. The number of aliphatic hydroxyl groups is 3. The Morgan fingerprint density at radius 1 is 0.913 bits per heavy atom. The lowest BCUT2D eigenvalue weighted by Crippen LogP contribution is -2.61. The second kappa shape index (κ2) is 23.9. The van der Waals surface area contributed by atoms with E-state index in [0.29, 0.717) is 12.8 Å². The van der Waals surface area contributed by atoms with E-state index >= 15 is 0 Å². The van der Waals surface area contributed by atoms with E-state index in [4.69, 9.17) is 37.9 Å². The van der Waals surface area contributed by atoms with E-state index in [-0.39, 0.29) is 43.8 Å². The number of benzene rings is 1. The third-order valence-corrected chi connectivity index (χ3v) is 15.1. The van der Waals surface area contributed by atoms with Crippen molar-refractivity contribution in [2.24, 2.45) is 17.8 Å². The van der Waals surface area contributed by atoms with Crippen LogP contribution in [0.1, 0.15) is 120 Å². The summed E-state index contributed by atoms with van der Waals surface area (Å²) in [5.41, 5.74) is -2.34. The molecule has 0 radical (unpaired) electrons. The molecule has 3 aliphatic heterocycles. The highest BCUT2D eigenvalue weighted by Gasteiger charge is 2.54. The van der Waals surface area contributed by atoms with Crippen LogP contribution in [0.2, 0.25) is 0 Å². The van der Waals surface area contributed by atoms with E-state index in [9.17, 15) is 29.7 Å². The fourth-order valence-corrected chi connectivity index (χ4v) is 10.7. The monoisotopic (exact) mass is 974 g/mol. The van der Waals surface area contributed by atoms with Gasteiger partial charge in [0.25, 0.3) is 0 Å². The molecule has 17 heteroatoms. The molecule has 3 saturated heterocycles. The number of likely N-dealkylation sites (N-methyl/N-ethyl adjacent to an activating group) is 1. The summed E-state index contributed by atoms with van der Waals surface area (Å²) in [5.74, 6) is -4.61. The number of para-hydroxylation sites is 1. The van der Waals surface area contributed by atoms with Crippen LogP contribution in [-0.2, 0) is 58.7 Å². The first-order valence-corrected chi connectivity index (χ1v) is 24.9. The van der Waals surface area contributed by atoms with Crippen LogP contribution < -0.4 is 5.32 Å². The smallest absolute Gasteiger partial charge is 0.311 e. The zero-order valence-electron chi connectivity index (χ0n) is 43.5. The Morgan fingerprint density at radius 3 is 2.23 bits per heavy atom. The molecule has 0 aliphatic carbocycles. The van der Waals surface area contributed by atoms with Gasteiger partial charge < -0.3 is 63.4 Å². The van der Waals surface area contributed by atoms with Gasteiger partial charge >= 0.3 is 11.9 Å². The number of aryl methyl sites for hydroxylation is 1. The minimum Gasteiger partial charge on any atom is -0.459 e. The first-order chi connectivity index (χ1) is 32.4. The third kappa shape index (κ3) is 13.4. The number of esters is 2. The lowest BCUT2D eigenvalue weighted by Gasteiger charge is -2.50. The molecule has 0 spiro atoms. The topological polar surface area (TPSA) is 214 Å². The van der Waals surface area contributed by atoms with E-state index in [1.165, 1.54) is 28.1 Å². The fraction of sp³-hybridized carbons (Fsp3) is 0.769. The number of fused-ring (bicyclic) bond motifs is 1.